The summed E-state index contributed by atoms with van der Waals surface area (Å²) in [5, 5.41) is 15.2. The Hall–Kier alpha value is -3.50. The predicted molar refractivity (Wildman–Crippen MR) is 136 cm³/mol. The molecule has 0 radical (unpaired) electrons. The fourth-order valence-corrected chi connectivity index (χ4v) is 4.62. The van der Waals surface area contributed by atoms with Crippen LogP contribution in [0.4, 0.5) is 11.5 Å². The van der Waals surface area contributed by atoms with Crippen molar-refractivity contribution >= 4 is 17.7 Å². The zero-order chi connectivity index (χ0) is 24.6. The second-order valence-corrected chi connectivity index (χ2v) is 9.68. The van der Waals surface area contributed by atoms with Gasteiger partial charge in [0.2, 0.25) is 5.79 Å². The van der Waals surface area contributed by atoms with Gasteiger partial charge in [0.15, 0.2) is 11.6 Å². The Morgan fingerprint density at radius 2 is 2.06 bits per heavy atom. The van der Waals surface area contributed by atoms with Crippen LogP contribution in [0.25, 0.3) is 11.4 Å². The number of ether oxygens (including phenoxy) is 2. The number of fused-ring (bicyclic) bond motifs is 1. The summed E-state index contributed by atoms with van der Waals surface area (Å²) in [4.78, 5) is 9.48. The Kier molecular flexibility index (Phi) is 5.94. The first-order chi connectivity index (χ1) is 16.8. The maximum atomic E-state index is 6.85. The third-order valence-electron chi connectivity index (χ3n) is 6.87. The number of aliphatic imine (C=N–C) groups is 1. The number of aryl methyl sites for hydroxylation is 2. The summed E-state index contributed by atoms with van der Waals surface area (Å²) >= 11 is 0. The second kappa shape index (κ2) is 8.94. The molecule has 2 aromatic heterocycles. The van der Waals surface area contributed by atoms with Crippen molar-refractivity contribution in [3.8, 4) is 17.1 Å². The first-order valence-electron chi connectivity index (χ1n) is 11.8. The summed E-state index contributed by atoms with van der Waals surface area (Å²) in [6.45, 7) is 6.65. The quantitative estimate of drug-likeness (QED) is 0.496. The molecule has 1 fully saturated rings. The average molecular weight is 477 g/mol. The lowest BCUT2D eigenvalue weighted by Gasteiger charge is -2.36. The first kappa shape index (κ1) is 23.3. The Balaban J connectivity index is 1.46. The minimum atomic E-state index is -1.23. The third-order valence-corrected chi connectivity index (χ3v) is 6.87. The summed E-state index contributed by atoms with van der Waals surface area (Å²) in [7, 11) is 3.52. The zero-order valence-corrected chi connectivity index (χ0v) is 20.6. The number of nitrogens with two attached hydrogens (primary N) is 1. The molecule has 1 saturated heterocycles. The van der Waals surface area contributed by atoms with E-state index in [4.69, 9.17) is 25.2 Å². The van der Waals surface area contributed by atoms with Crippen LogP contribution < -0.4 is 21.1 Å². The van der Waals surface area contributed by atoms with Gasteiger partial charge in [0.1, 0.15) is 12.1 Å². The van der Waals surface area contributed by atoms with Gasteiger partial charge in [-0.3, -0.25) is 5.73 Å². The molecule has 5 rings (SSSR count). The van der Waals surface area contributed by atoms with Crippen LogP contribution >= 0.6 is 0 Å². The lowest BCUT2D eigenvalue weighted by molar-refractivity contribution is 0.0300. The standard InChI is InChI=1S/C25H32N8O2/c1-16-11-18-13-28-25(26,19-6-5-17(12-20(19)34-4)23-32-29-15-33(23)3)31-21(18)22(30-16)27-14-24(2)7-9-35-10-8-24/h5-6,11-13,15,31H,7-10,14,26H2,1-4H3,(H,27,30). The van der Waals surface area contributed by atoms with Crippen LogP contribution in [0.5, 0.6) is 5.75 Å². The maximum absolute atomic E-state index is 6.85. The van der Waals surface area contributed by atoms with Gasteiger partial charge in [-0.15, -0.1) is 10.2 Å². The summed E-state index contributed by atoms with van der Waals surface area (Å²) in [6, 6.07) is 7.76. The molecule has 4 N–H and O–H groups in total. The Bertz CT molecular complexity index is 1260. The van der Waals surface area contributed by atoms with Gasteiger partial charge < -0.3 is 24.7 Å². The summed E-state index contributed by atoms with van der Waals surface area (Å²) in [5.41, 5.74) is 11.2. The van der Waals surface area contributed by atoms with E-state index in [0.29, 0.717) is 11.3 Å². The van der Waals surface area contributed by atoms with Gasteiger partial charge in [-0.25, -0.2) is 9.98 Å². The highest BCUT2D eigenvalue weighted by Gasteiger charge is 2.35. The number of aromatic nitrogens is 4. The number of anilines is 2. The molecular weight excluding hydrogens is 444 g/mol. The highest BCUT2D eigenvalue weighted by atomic mass is 16.5. The normalized spacial score (nSPS) is 20.7. The van der Waals surface area contributed by atoms with Crippen LogP contribution in [0.15, 0.2) is 35.6 Å². The number of pyridine rings is 1. The molecule has 1 atom stereocenters. The van der Waals surface area contributed by atoms with E-state index in [-0.39, 0.29) is 5.41 Å². The van der Waals surface area contributed by atoms with Crippen molar-refractivity contribution in [3.05, 3.63) is 47.4 Å². The molecule has 10 heteroatoms. The topological polar surface area (TPSA) is 125 Å². The Morgan fingerprint density at radius 3 is 2.77 bits per heavy atom. The van der Waals surface area contributed by atoms with Crippen molar-refractivity contribution in [3.63, 3.8) is 0 Å². The average Bonchev–Trinajstić information content (AvgIpc) is 3.29. The van der Waals surface area contributed by atoms with Crippen molar-refractivity contribution < 1.29 is 9.47 Å². The lowest BCUT2D eigenvalue weighted by atomic mass is 9.82. The number of methoxy groups -OCH3 is 1. The van der Waals surface area contributed by atoms with E-state index in [1.807, 2.05) is 42.8 Å². The van der Waals surface area contributed by atoms with Gasteiger partial charge in [-0.1, -0.05) is 13.0 Å². The molecule has 4 heterocycles. The fourth-order valence-electron chi connectivity index (χ4n) is 4.62. The van der Waals surface area contributed by atoms with Crippen LogP contribution in [-0.4, -0.2) is 52.8 Å². The monoisotopic (exact) mass is 476 g/mol. The van der Waals surface area contributed by atoms with Crippen LogP contribution in [0, 0.1) is 12.3 Å². The van der Waals surface area contributed by atoms with Gasteiger partial charge >= 0.3 is 0 Å². The Labute approximate surface area is 205 Å². The van der Waals surface area contributed by atoms with Crippen LogP contribution in [0.1, 0.15) is 36.6 Å². The molecule has 184 valence electrons. The minimum absolute atomic E-state index is 0.151. The van der Waals surface area contributed by atoms with E-state index >= 15 is 0 Å². The maximum Gasteiger partial charge on any atom is 0.212 e. The molecule has 10 nitrogen and oxygen atoms in total. The minimum Gasteiger partial charge on any atom is -0.496 e. The summed E-state index contributed by atoms with van der Waals surface area (Å²) in [5.74, 6) is 0.875. The zero-order valence-electron chi connectivity index (χ0n) is 20.6. The number of rotatable bonds is 6. The van der Waals surface area contributed by atoms with E-state index in [0.717, 1.165) is 66.8 Å². The molecule has 0 amide bonds. The first-order valence-corrected chi connectivity index (χ1v) is 11.8. The highest BCUT2D eigenvalue weighted by Crippen LogP contribution is 2.39. The number of benzene rings is 1. The highest BCUT2D eigenvalue weighted by molar-refractivity contribution is 5.94. The summed E-state index contributed by atoms with van der Waals surface area (Å²) in [6.07, 6.45) is 5.49. The third kappa shape index (κ3) is 4.46. The van der Waals surface area contributed by atoms with Crippen molar-refractivity contribution in [1.29, 1.82) is 0 Å². The van der Waals surface area contributed by atoms with Gasteiger partial charge in [-0.05, 0) is 43.4 Å². The number of nitrogens with one attached hydrogen (secondary N) is 2. The number of hydrogen-bond donors (Lipinski definition) is 3. The molecule has 1 unspecified atom stereocenters. The van der Waals surface area contributed by atoms with Gasteiger partial charge in [0.25, 0.3) is 0 Å². The van der Waals surface area contributed by atoms with Crippen LogP contribution in [0.3, 0.4) is 0 Å². The molecule has 1 aromatic carbocycles. The molecule has 0 aliphatic carbocycles. The smallest absolute Gasteiger partial charge is 0.212 e. The van der Waals surface area contributed by atoms with Crippen LogP contribution in [-0.2, 0) is 17.6 Å². The van der Waals surface area contributed by atoms with Crippen molar-refractivity contribution in [2.45, 2.75) is 32.5 Å². The van der Waals surface area contributed by atoms with E-state index in [2.05, 4.69) is 27.8 Å². The van der Waals surface area contributed by atoms with E-state index in [1.165, 1.54) is 0 Å². The molecule has 0 saturated carbocycles. The van der Waals surface area contributed by atoms with Crippen molar-refractivity contribution in [2.75, 3.05) is 37.5 Å². The molecule has 0 bridgehead atoms. The molecule has 2 aliphatic heterocycles. The molecule has 2 aliphatic rings. The SMILES string of the molecule is COc1cc(-c2nncn2C)ccc1C1(N)N=Cc2cc(C)nc(NCC3(C)CCOCC3)c2N1. The molecular formula is C25H32N8O2. The van der Waals surface area contributed by atoms with Crippen molar-refractivity contribution in [2.24, 2.45) is 23.2 Å². The largest absolute Gasteiger partial charge is 0.496 e. The molecule has 3 aromatic rings. The van der Waals surface area contributed by atoms with Crippen LogP contribution in [0.2, 0.25) is 0 Å². The van der Waals surface area contributed by atoms with Gasteiger partial charge in [0, 0.05) is 49.8 Å². The molecule has 35 heavy (non-hydrogen) atoms. The summed E-state index contributed by atoms with van der Waals surface area (Å²) < 4.78 is 13.1. The fraction of sp³-hybridized carbons (Fsp3) is 0.440. The second-order valence-electron chi connectivity index (χ2n) is 9.68. The lowest BCUT2D eigenvalue weighted by Crippen LogP contribution is -2.45. The van der Waals surface area contributed by atoms with E-state index < -0.39 is 5.79 Å². The van der Waals surface area contributed by atoms with Crippen molar-refractivity contribution in [1.82, 2.24) is 19.7 Å². The van der Waals surface area contributed by atoms with E-state index in [9.17, 15) is 0 Å². The molecule has 0 spiro atoms. The van der Waals surface area contributed by atoms with Gasteiger partial charge in [0.05, 0.1) is 18.4 Å². The van der Waals surface area contributed by atoms with Gasteiger partial charge in [-0.2, -0.15) is 0 Å². The number of nitrogens with zero attached hydrogens (tertiary/aromatic N) is 5. The van der Waals surface area contributed by atoms with E-state index in [1.54, 1.807) is 19.7 Å². The predicted octanol–water partition coefficient (Wildman–Crippen LogP) is 3.04. The number of hydrogen-bond acceptors (Lipinski definition) is 9. The Morgan fingerprint density at radius 1 is 1.26 bits per heavy atom.